The number of carbonyl (C=O) groups is 1. The van der Waals surface area contributed by atoms with E-state index in [4.69, 9.17) is 9.84 Å². The van der Waals surface area contributed by atoms with Crippen LogP contribution in [-0.2, 0) is 0 Å². The number of rotatable bonds is 5. The zero-order valence-electron chi connectivity index (χ0n) is 11.7. The van der Waals surface area contributed by atoms with Crippen LogP contribution < -0.4 is 10.1 Å². The number of amides is 1. The van der Waals surface area contributed by atoms with E-state index in [9.17, 15) is 4.79 Å². The number of hydrogen-bond acceptors (Lipinski definition) is 4. The van der Waals surface area contributed by atoms with Gasteiger partial charge in [0.15, 0.2) is 0 Å². The highest BCUT2D eigenvalue weighted by molar-refractivity contribution is 6.11. The Kier molecular flexibility index (Phi) is 4.02. The minimum atomic E-state index is -0.209. The van der Waals surface area contributed by atoms with Gasteiger partial charge in [0.1, 0.15) is 12.4 Å². The second kappa shape index (κ2) is 6.28. The number of fused-ring (bicyclic) bond motifs is 1. The smallest absolute Gasteiger partial charge is 0.257 e. The Bertz CT molecular complexity index is 781. The molecule has 3 N–H and O–H groups in total. The Morgan fingerprint density at radius 1 is 1.23 bits per heavy atom. The summed E-state index contributed by atoms with van der Waals surface area (Å²) in [7, 11) is 0. The molecule has 1 aromatic heterocycles. The Morgan fingerprint density at radius 2 is 2.05 bits per heavy atom. The number of para-hydroxylation sites is 1. The fraction of sp³-hybridized carbons (Fsp3) is 0.125. The van der Waals surface area contributed by atoms with Gasteiger partial charge in [-0.3, -0.25) is 9.89 Å². The average Bonchev–Trinajstić information content (AvgIpc) is 3.02. The maximum atomic E-state index is 12.4. The number of nitrogens with zero attached hydrogens (tertiary/aromatic N) is 1. The lowest BCUT2D eigenvalue weighted by atomic mass is 10.1. The summed E-state index contributed by atoms with van der Waals surface area (Å²) < 4.78 is 5.27. The zero-order chi connectivity index (χ0) is 15.4. The van der Waals surface area contributed by atoms with Gasteiger partial charge in [-0.05, 0) is 30.3 Å². The van der Waals surface area contributed by atoms with Crippen LogP contribution in [0.2, 0.25) is 0 Å². The van der Waals surface area contributed by atoms with Crippen LogP contribution in [-0.4, -0.2) is 34.4 Å². The van der Waals surface area contributed by atoms with Crippen molar-refractivity contribution in [1.82, 2.24) is 10.2 Å². The molecule has 112 valence electrons. The number of anilines is 1. The Morgan fingerprint density at radius 3 is 2.82 bits per heavy atom. The SMILES string of the molecule is O=C(Nc1ccc(OCCO)cc1)c1cccc2cn[nH]c12. The number of aliphatic hydroxyl groups is 1. The molecule has 3 rings (SSSR count). The molecule has 0 spiro atoms. The number of carbonyl (C=O) groups excluding carboxylic acids is 1. The quantitative estimate of drug-likeness (QED) is 0.673. The predicted octanol–water partition coefficient (Wildman–Crippen LogP) is 2.19. The Balaban J connectivity index is 1.75. The van der Waals surface area contributed by atoms with Crippen LogP contribution in [0, 0.1) is 0 Å². The van der Waals surface area contributed by atoms with Crippen molar-refractivity contribution >= 4 is 22.5 Å². The molecule has 1 heterocycles. The number of nitrogens with one attached hydrogen (secondary N) is 2. The van der Waals surface area contributed by atoms with Crippen molar-refractivity contribution in [3.05, 3.63) is 54.2 Å². The Labute approximate surface area is 126 Å². The molecule has 0 atom stereocenters. The minimum absolute atomic E-state index is 0.0350. The summed E-state index contributed by atoms with van der Waals surface area (Å²) in [6.07, 6.45) is 1.68. The molecule has 6 nitrogen and oxygen atoms in total. The molecule has 2 aromatic carbocycles. The third-order valence-electron chi connectivity index (χ3n) is 3.19. The van der Waals surface area contributed by atoms with Crippen molar-refractivity contribution in [3.63, 3.8) is 0 Å². The summed E-state index contributed by atoms with van der Waals surface area (Å²) in [4.78, 5) is 12.4. The first kappa shape index (κ1) is 14.1. The molecule has 0 aliphatic carbocycles. The minimum Gasteiger partial charge on any atom is -0.491 e. The molecular formula is C16H15N3O3. The summed E-state index contributed by atoms with van der Waals surface area (Å²) in [6, 6.07) is 12.4. The number of H-pyrrole nitrogens is 1. The van der Waals surface area contributed by atoms with Crippen LogP contribution in [0.3, 0.4) is 0 Å². The number of aromatic amines is 1. The molecular weight excluding hydrogens is 282 g/mol. The van der Waals surface area contributed by atoms with E-state index < -0.39 is 0 Å². The van der Waals surface area contributed by atoms with Crippen LogP contribution >= 0.6 is 0 Å². The summed E-state index contributed by atoms with van der Waals surface area (Å²) >= 11 is 0. The van der Waals surface area contributed by atoms with E-state index in [1.807, 2.05) is 12.1 Å². The second-order valence-corrected chi connectivity index (χ2v) is 4.69. The predicted molar refractivity (Wildman–Crippen MR) is 83.1 cm³/mol. The number of hydrogen-bond donors (Lipinski definition) is 3. The van der Waals surface area contributed by atoms with Crippen LogP contribution in [0.1, 0.15) is 10.4 Å². The first-order chi connectivity index (χ1) is 10.8. The maximum Gasteiger partial charge on any atom is 0.257 e. The summed E-state index contributed by atoms with van der Waals surface area (Å²) in [5.41, 5.74) is 1.91. The summed E-state index contributed by atoms with van der Waals surface area (Å²) in [6.45, 7) is 0.209. The normalized spacial score (nSPS) is 10.6. The van der Waals surface area contributed by atoms with Gasteiger partial charge in [-0.15, -0.1) is 0 Å². The van der Waals surface area contributed by atoms with Gasteiger partial charge in [-0.2, -0.15) is 5.10 Å². The fourth-order valence-electron chi connectivity index (χ4n) is 2.15. The highest BCUT2D eigenvalue weighted by atomic mass is 16.5. The van der Waals surface area contributed by atoms with Crippen LogP contribution in [0.25, 0.3) is 10.9 Å². The molecule has 0 bridgehead atoms. The van der Waals surface area contributed by atoms with Gasteiger partial charge in [0, 0.05) is 11.1 Å². The third-order valence-corrected chi connectivity index (χ3v) is 3.19. The fourth-order valence-corrected chi connectivity index (χ4v) is 2.15. The number of ether oxygens (including phenoxy) is 1. The third kappa shape index (κ3) is 2.91. The Hall–Kier alpha value is -2.86. The van der Waals surface area contributed by atoms with Crippen molar-refractivity contribution in [1.29, 1.82) is 0 Å². The largest absolute Gasteiger partial charge is 0.491 e. The van der Waals surface area contributed by atoms with Crippen molar-refractivity contribution in [2.75, 3.05) is 18.5 Å². The molecule has 1 amide bonds. The molecule has 0 aliphatic heterocycles. The van der Waals surface area contributed by atoms with Gasteiger partial charge in [0.2, 0.25) is 0 Å². The molecule has 0 saturated heterocycles. The second-order valence-electron chi connectivity index (χ2n) is 4.69. The molecule has 0 fully saturated rings. The highest BCUT2D eigenvalue weighted by Crippen LogP contribution is 2.19. The molecule has 0 saturated carbocycles. The first-order valence-electron chi connectivity index (χ1n) is 6.85. The van der Waals surface area contributed by atoms with E-state index in [-0.39, 0.29) is 19.1 Å². The lowest BCUT2D eigenvalue weighted by molar-refractivity contribution is 0.102. The first-order valence-corrected chi connectivity index (χ1v) is 6.85. The van der Waals surface area contributed by atoms with Crippen molar-refractivity contribution in [2.45, 2.75) is 0 Å². The molecule has 22 heavy (non-hydrogen) atoms. The van der Waals surface area contributed by atoms with Crippen LogP contribution in [0.5, 0.6) is 5.75 Å². The molecule has 3 aromatic rings. The van der Waals surface area contributed by atoms with Crippen molar-refractivity contribution < 1.29 is 14.6 Å². The van der Waals surface area contributed by atoms with E-state index in [1.54, 1.807) is 36.5 Å². The van der Waals surface area contributed by atoms with Gasteiger partial charge in [-0.25, -0.2) is 0 Å². The number of aliphatic hydroxyl groups excluding tert-OH is 1. The maximum absolute atomic E-state index is 12.4. The van der Waals surface area contributed by atoms with E-state index in [2.05, 4.69) is 15.5 Å². The molecule has 0 radical (unpaired) electrons. The van der Waals surface area contributed by atoms with Crippen LogP contribution in [0.4, 0.5) is 5.69 Å². The topological polar surface area (TPSA) is 87.2 Å². The van der Waals surface area contributed by atoms with Crippen molar-refractivity contribution in [3.8, 4) is 5.75 Å². The van der Waals surface area contributed by atoms with E-state index in [0.717, 1.165) is 5.39 Å². The molecule has 6 heteroatoms. The standard InChI is InChI=1S/C16H15N3O3/c20-8-9-22-13-6-4-12(5-7-13)18-16(21)14-3-1-2-11-10-17-19-15(11)14/h1-7,10,20H,8-9H2,(H,17,19)(H,18,21). The average molecular weight is 297 g/mol. The number of benzene rings is 2. The van der Waals surface area contributed by atoms with Gasteiger partial charge >= 0.3 is 0 Å². The van der Waals surface area contributed by atoms with Crippen LogP contribution in [0.15, 0.2) is 48.7 Å². The van der Waals surface area contributed by atoms with Gasteiger partial charge in [0.25, 0.3) is 5.91 Å². The lowest BCUT2D eigenvalue weighted by Crippen LogP contribution is -2.12. The summed E-state index contributed by atoms with van der Waals surface area (Å²) in [5, 5.41) is 19.2. The van der Waals surface area contributed by atoms with Gasteiger partial charge < -0.3 is 15.2 Å². The highest BCUT2D eigenvalue weighted by Gasteiger charge is 2.11. The lowest BCUT2D eigenvalue weighted by Gasteiger charge is -2.08. The van der Waals surface area contributed by atoms with E-state index >= 15 is 0 Å². The zero-order valence-corrected chi connectivity index (χ0v) is 11.7. The van der Waals surface area contributed by atoms with Crippen molar-refractivity contribution in [2.24, 2.45) is 0 Å². The van der Waals surface area contributed by atoms with Gasteiger partial charge in [-0.1, -0.05) is 12.1 Å². The summed E-state index contributed by atoms with van der Waals surface area (Å²) in [5.74, 6) is 0.432. The molecule has 0 unspecified atom stereocenters. The number of aromatic nitrogens is 2. The van der Waals surface area contributed by atoms with Gasteiger partial charge in [0.05, 0.1) is 23.9 Å². The monoisotopic (exact) mass is 297 g/mol. The van der Waals surface area contributed by atoms with E-state index in [0.29, 0.717) is 22.5 Å². The van der Waals surface area contributed by atoms with E-state index in [1.165, 1.54) is 0 Å². The molecule has 0 aliphatic rings.